The van der Waals surface area contributed by atoms with E-state index < -0.39 is 10.0 Å². The summed E-state index contributed by atoms with van der Waals surface area (Å²) in [6, 6.07) is 6.87. The minimum absolute atomic E-state index is 0.165. The van der Waals surface area contributed by atoms with E-state index in [2.05, 4.69) is 4.98 Å². The molecule has 0 spiro atoms. The topological polar surface area (TPSA) is 70.6 Å². The van der Waals surface area contributed by atoms with Gasteiger partial charge in [0.1, 0.15) is 0 Å². The Kier molecular flexibility index (Phi) is 5.59. The predicted octanol–water partition coefficient (Wildman–Crippen LogP) is 2.22. The van der Waals surface area contributed by atoms with Crippen LogP contribution in [0.2, 0.25) is 0 Å². The van der Waals surface area contributed by atoms with Crippen molar-refractivity contribution < 1.29 is 13.2 Å². The van der Waals surface area contributed by atoms with E-state index in [0.717, 1.165) is 15.4 Å². The van der Waals surface area contributed by atoms with Gasteiger partial charge >= 0.3 is 0 Å². The second-order valence-electron chi connectivity index (χ2n) is 6.22. The van der Waals surface area contributed by atoms with Crippen molar-refractivity contribution in [2.75, 3.05) is 21.1 Å². The summed E-state index contributed by atoms with van der Waals surface area (Å²) < 4.78 is 26.2. The fourth-order valence-corrected chi connectivity index (χ4v) is 3.69. The average Bonchev–Trinajstić information content (AvgIpc) is 2.57. The van der Waals surface area contributed by atoms with Gasteiger partial charge < -0.3 is 4.90 Å². The van der Waals surface area contributed by atoms with Crippen LogP contribution in [0.4, 0.5) is 0 Å². The highest BCUT2D eigenvalue weighted by Gasteiger charge is 2.23. The van der Waals surface area contributed by atoms with Crippen LogP contribution >= 0.6 is 0 Å². The van der Waals surface area contributed by atoms with Gasteiger partial charge in [-0.15, -0.1) is 0 Å². The molecule has 0 saturated carbocycles. The van der Waals surface area contributed by atoms with Crippen molar-refractivity contribution in [1.29, 1.82) is 0 Å². The molecule has 2 aromatic rings. The highest BCUT2D eigenvalue weighted by Crippen LogP contribution is 2.24. The molecule has 6 nitrogen and oxygen atoms in total. The van der Waals surface area contributed by atoms with E-state index in [0.29, 0.717) is 17.7 Å². The molecule has 1 amide bonds. The molecule has 134 valence electrons. The Morgan fingerprint density at radius 2 is 1.68 bits per heavy atom. The van der Waals surface area contributed by atoms with Gasteiger partial charge in [0.2, 0.25) is 10.0 Å². The largest absolute Gasteiger partial charge is 0.337 e. The number of carbonyl (C=O) groups excluding carboxylic acids is 1. The molecule has 0 atom stereocenters. The van der Waals surface area contributed by atoms with Crippen LogP contribution in [0.15, 0.2) is 41.6 Å². The second-order valence-corrected chi connectivity index (χ2v) is 8.34. The average molecular weight is 361 g/mol. The van der Waals surface area contributed by atoms with Crippen molar-refractivity contribution in [1.82, 2.24) is 14.2 Å². The molecule has 0 aliphatic rings. The van der Waals surface area contributed by atoms with Gasteiger partial charge in [-0.25, -0.2) is 12.7 Å². The van der Waals surface area contributed by atoms with Crippen LogP contribution in [0.25, 0.3) is 0 Å². The third-order valence-electron chi connectivity index (χ3n) is 4.14. The number of hydrogen-bond donors (Lipinski definition) is 0. The van der Waals surface area contributed by atoms with Crippen LogP contribution in [-0.2, 0) is 16.6 Å². The number of aromatic nitrogens is 1. The summed E-state index contributed by atoms with van der Waals surface area (Å²) in [6.45, 7) is 3.98. The van der Waals surface area contributed by atoms with E-state index >= 15 is 0 Å². The molecule has 0 aliphatic carbocycles. The summed E-state index contributed by atoms with van der Waals surface area (Å²) in [7, 11) is 1.04. The number of aryl methyl sites for hydroxylation is 1. The number of benzene rings is 1. The number of pyridine rings is 1. The Hall–Kier alpha value is -2.25. The first kappa shape index (κ1) is 19.1. The maximum atomic E-state index is 12.8. The summed E-state index contributed by atoms with van der Waals surface area (Å²) in [4.78, 5) is 18.4. The van der Waals surface area contributed by atoms with E-state index in [-0.39, 0.29) is 10.8 Å². The number of sulfonamides is 1. The van der Waals surface area contributed by atoms with Crippen LogP contribution in [0.1, 0.15) is 27.0 Å². The van der Waals surface area contributed by atoms with Gasteiger partial charge in [-0.1, -0.05) is 0 Å². The van der Waals surface area contributed by atoms with Crippen LogP contribution in [0.3, 0.4) is 0 Å². The lowest BCUT2D eigenvalue weighted by Gasteiger charge is -2.20. The molecule has 1 heterocycles. The van der Waals surface area contributed by atoms with Gasteiger partial charge in [-0.3, -0.25) is 9.78 Å². The first-order valence-corrected chi connectivity index (χ1v) is 9.26. The first-order valence-electron chi connectivity index (χ1n) is 7.82. The zero-order valence-corrected chi connectivity index (χ0v) is 16.0. The minimum atomic E-state index is -3.62. The van der Waals surface area contributed by atoms with Crippen molar-refractivity contribution in [3.05, 3.63) is 58.9 Å². The summed E-state index contributed by atoms with van der Waals surface area (Å²) in [5.41, 5.74) is 2.74. The van der Waals surface area contributed by atoms with Gasteiger partial charge in [0.15, 0.2) is 0 Å². The number of nitrogens with zero attached hydrogens (tertiary/aromatic N) is 3. The molecular weight excluding hydrogens is 338 g/mol. The third-order valence-corrected chi connectivity index (χ3v) is 6.08. The van der Waals surface area contributed by atoms with Crippen molar-refractivity contribution in [2.24, 2.45) is 0 Å². The molecule has 7 heteroatoms. The van der Waals surface area contributed by atoms with Gasteiger partial charge in [0, 0.05) is 45.6 Å². The normalized spacial score (nSPS) is 11.6. The van der Waals surface area contributed by atoms with Gasteiger partial charge in [0.05, 0.1) is 4.90 Å². The van der Waals surface area contributed by atoms with Gasteiger partial charge in [0.25, 0.3) is 5.91 Å². The zero-order chi connectivity index (χ0) is 18.8. The molecular formula is C18H23N3O3S. The Morgan fingerprint density at radius 3 is 2.24 bits per heavy atom. The molecule has 0 unspecified atom stereocenters. The molecule has 1 aromatic heterocycles. The molecule has 0 saturated heterocycles. The smallest absolute Gasteiger partial charge is 0.253 e. The number of hydrogen-bond acceptors (Lipinski definition) is 4. The summed E-state index contributed by atoms with van der Waals surface area (Å²) >= 11 is 0. The van der Waals surface area contributed by atoms with E-state index in [4.69, 9.17) is 0 Å². The Bertz CT molecular complexity index is 878. The monoisotopic (exact) mass is 361 g/mol. The first-order chi connectivity index (χ1) is 11.6. The molecule has 0 radical (unpaired) electrons. The lowest BCUT2D eigenvalue weighted by atomic mass is 10.1. The third kappa shape index (κ3) is 4.05. The van der Waals surface area contributed by atoms with Crippen molar-refractivity contribution in [3.63, 3.8) is 0 Å². The number of rotatable bonds is 5. The standard InChI is InChI=1S/C18H23N3O3S/c1-13-10-16(11-17(14(13)2)25(23,24)20(3)4)18(22)21(5)12-15-6-8-19-9-7-15/h6-11H,12H2,1-5H3. The lowest BCUT2D eigenvalue weighted by molar-refractivity contribution is 0.0784. The summed E-state index contributed by atoms with van der Waals surface area (Å²) in [6.07, 6.45) is 3.34. The zero-order valence-electron chi connectivity index (χ0n) is 15.1. The summed E-state index contributed by atoms with van der Waals surface area (Å²) in [5.74, 6) is -0.227. The Balaban J connectivity index is 2.39. The molecule has 0 bridgehead atoms. The number of carbonyl (C=O) groups is 1. The van der Waals surface area contributed by atoms with Gasteiger partial charge in [-0.2, -0.15) is 0 Å². The molecule has 2 rings (SSSR count). The van der Waals surface area contributed by atoms with Crippen LogP contribution in [-0.4, -0.2) is 49.7 Å². The maximum absolute atomic E-state index is 12.8. The van der Waals surface area contributed by atoms with Crippen LogP contribution in [0.5, 0.6) is 0 Å². The highest BCUT2D eigenvalue weighted by atomic mass is 32.2. The van der Waals surface area contributed by atoms with Gasteiger partial charge in [-0.05, 0) is 54.8 Å². The SMILES string of the molecule is Cc1cc(C(=O)N(C)Cc2ccncc2)cc(S(=O)(=O)N(C)C)c1C. The molecule has 1 aromatic carbocycles. The van der Waals surface area contributed by atoms with E-state index in [1.165, 1.54) is 20.2 Å². The van der Waals surface area contributed by atoms with Crippen LogP contribution < -0.4 is 0 Å². The second kappa shape index (κ2) is 7.33. The van der Waals surface area contributed by atoms with E-state index in [9.17, 15) is 13.2 Å². The Labute approximate surface area is 149 Å². The fourth-order valence-electron chi connectivity index (χ4n) is 2.47. The minimum Gasteiger partial charge on any atom is -0.337 e. The lowest BCUT2D eigenvalue weighted by Crippen LogP contribution is -2.28. The molecule has 0 N–H and O–H groups in total. The predicted molar refractivity (Wildman–Crippen MR) is 96.8 cm³/mol. The quantitative estimate of drug-likeness (QED) is 0.819. The van der Waals surface area contributed by atoms with E-state index in [1.807, 2.05) is 19.1 Å². The van der Waals surface area contributed by atoms with Crippen molar-refractivity contribution in [3.8, 4) is 0 Å². The number of amides is 1. The van der Waals surface area contributed by atoms with E-state index in [1.54, 1.807) is 37.3 Å². The van der Waals surface area contributed by atoms with Crippen molar-refractivity contribution >= 4 is 15.9 Å². The fraction of sp³-hybridized carbons (Fsp3) is 0.333. The molecule has 0 fully saturated rings. The van der Waals surface area contributed by atoms with Crippen molar-refractivity contribution in [2.45, 2.75) is 25.3 Å². The highest BCUT2D eigenvalue weighted by molar-refractivity contribution is 7.89. The maximum Gasteiger partial charge on any atom is 0.253 e. The molecule has 25 heavy (non-hydrogen) atoms. The Morgan fingerprint density at radius 1 is 1.08 bits per heavy atom. The summed E-state index contributed by atoms with van der Waals surface area (Å²) in [5, 5.41) is 0. The molecule has 0 aliphatic heterocycles. The van der Waals surface area contributed by atoms with Crippen LogP contribution in [0, 0.1) is 13.8 Å².